The van der Waals surface area contributed by atoms with Crippen LogP contribution in [-0.4, -0.2) is 46.1 Å². The van der Waals surface area contributed by atoms with E-state index in [1.54, 1.807) is 16.4 Å². The van der Waals surface area contributed by atoms with E-state index < -0.39 is 9.84 Å². The van der Waals surface area contributed by atoms with Crippen LogP contribution in [0.3, 0.4) is 0 Å². The lowest BCUT2D eigenvalue weighted by molar-refractivity contribution is 0.603. The van der Waals surface area contributed by atoms with Gasteiger partial charge < -0.3 is 0 Å². The fourth-order valence-electron chi connectivity index (χ4n) is 1.67. The van der Waals surface area contributed by atoms with E-state index in [0.29, 0.717) is 9.50 Å². The van der Waals surface area contributed by atoms with E-state index in [9.17, 15) is 8.42 Å². The molecule has 2 heterocycles. The van der Waals surface area contributed by atoms with Crippen LogP contribution >= 0.6 is 34.9 Å². The predicted octanol–water partition coefficient (Wildman–Crippen LogP) is 2.40. The van der Waals surface area contributed by atoms with Crippen LogP contribution in [0.5, 0.6) is 0 Å². The first kappa shape index (κ1) is 16.4. The molecule has 0 bridgehead atoms. The lowest BCUT2D eigenvalue weighted by atomic mass is 10.3. The minimum atomic E-state index is -3.25. The van der Waals surface area contributed by atoms with Crippen molar-refractivity contribution < 1.29 is 8.42 Å². The van der Waals surface area contributed by atoms with Gasteiger partial charge in [0.2, 0.25) is 5.16 Å². The highest BCUT2D eigenvalue weighted by Crippen LogP contribution is 2.32. The first-order valence-electron chi connectivity index (χ1n) is 6.24. The van der Waals surface area contributed by atoms with Crippen molar-refractivity contribution in [3.8, 4) is 5.69 Å². The Morgan fingerprint density at radius 2 is 1.96 bits per heavy atom. The molecule has 0 atom stereocenters. The Balaban J connectivity index is 1.87. The van der Waals surface area contributed by atoms with E-state index in [2.05, 4.69) is 20.5 Å². The smallest absolute Gasteiger partial charge is 0.221 e. The largest absolute Gasteiger partial charge is 0.236 e. The van der Waals surface area contributed by atoms with Crippen LogP contribution in [0.15, 0.2) is 49.1 Å². The number of sulfone groups is 1. The van der Waals surface area contributed by atoms with Gasteiger partial charge in [0, 0.05) is 11.2 Å². The topological polar surface area (TPSA) is 90.6 Å². The van der Waals surface area contributed by atoms with Crippen molar-refractivity contribution in [3.63, 3.8) is 0 Å². The van der Waals surface area contributed by atoms with Gasteiger partial charge in [-0.3, -0.25) is 0 Å². The van der Waals surface area contributed by atoms with Gasteiger partial charge in [-0.2, -0.15) is 4.68 Å². The number of hydrogen-bond acceptors (Lipinski definition) is 9. The van der Waals surface area contributed by atoms with Crippen molar-refractivity contribution >= 4 is 44.7 Å². The summed E-state index contributed by atoms with van der Waals surface area (Å²) in [6, 6.07) is 7.83. The zero-order chi connectivity index (χ0) is 16.4. The molecule has 2 aromatic heterocycles. The summed E-state index contributed by atoms with van der Waals surface area (Å²) >= 11 is 3.98. The van der Waals surface area contributed by atoms with E-state index >= 15 is 0 Å². The first-order chi connectivity index (χ1) is 11.0. The summed E-state index contributed by atoms with van der Waals surface area (Å²) in [7, 11) is -3.25. The molecule has 11 heteroatoms. The van der Waals surface area contributed by atoms with Gasteiger partial charge in [-0.15, -0.1) is 16.9 Å². The molecule has 0 N–H and O–H groups in total. The SMILES string of the molecule is CSc1ccc(-n2nnnc2Sc2ncc(S(C)(=O)=O)s2)cc1. The van der Waals surface area contributed by atoms with Gasteiger partial charge in [-0.1, -0.05) is 11.3 Å². The second-order valence-electron chi connectivity index (χ2n) is 4.39. The van der Waals surface area contributed by atoms with E-state index in [1.807, 2.05) is 30.5 Å². The van der Waals surface area contributed by atoms with Gasteiger partial charge in [0.15, 0.2) is 14.2 Å². The molecule has 0 aliphatic rings. The number of thiazole rings is 1. The molecular weight excluding hydrogens is 374 g/mol. The molecular formula is C12H11N5O2S4. The van der Waals surface area contributed by atoms with Crippen LogP contribution in [0.25, 0.3) is 5.69 Å². The summed E-state index contributed by atoms with van der Waals surface area (Å²) in [6.45, 7) is 0. The lowest BCUT2D eigenvalue weighted by Gasteiger charge is -2.03. The summed E-state index contributed by atoms with van der Waals surface area (Å²) < 4.78 is 25.4. The van der Waals surface area contributed by atoms with Gasteiger partial charge in [0.25, 0.3) is 0 Å². The minimum absolute atomic E-state index is 0.225. The summed E-state index contributed by atoms with van der Waals surface area (Å²) in [6.07, 6.45) is 4.52. The van der Waals surface area contributed by atoms with E-state index in [1.165, 1.54) is 18.0 Å². The maximum Gasteiger partial charge on any atom is 0.221 e. The Kier molecular flexibility index (Phi) is 4.71. The second kappa shape index (κ2) is 6.59. The fraction of sp³-hybridized carbons (Fsp3) is 0.167. The van der Waals surface area contributed by atoms with Gasteiger partial charge in [0.05, 0.1) is 11.9 Å². The molecule has 0 fully saturated rings. The molecule has 0 saturated heterocycles. The second-order valence-corrected chi connectivity index (χ2v) is 9.76. The van der Waals surface area contributed by atoms with Crippen LogP contribution in [0.4, 0.5) is 0 Å². The van der Waals surface area contributed by atoms with Crippen molar-refractivity contribution in [1.29, 1.82) is 0 Å². The molecule has 0 saturated carbocycles. The zero-order valence-corrected chi connectivity index (χ0v) is 15.3. The van der Waals surface area contributed by atoms with Crippen molar-refractivity contribution in [2.24, 2.45) is 0 Å². The summed E-state index contributed by atoms with van der Waals surface area (Å²) in [5, 5.41) is 12.2. The predicted molar refractivity (Wildman–Crippen MR) is 90.3 cm³/mol. The third-order valence-electron chi connectivity index (χ3n) is 2.77. The Morgan fingerprint density at radius 1 is 1.22 bits per heavy atom. The Bertz CT molecular complexity index is 917. The molecule has 0 radical (unpaired) electrons. The number of thioether (sulfide) groups is 1. The van der Waals surface area contributed by atoms with Crippen LogP contribution in [0.2, 0.25) is 0 Å². The van der Waals surface area contributed by atoms with Crippen LogP contribution in [0.1, 0.15) is 0 Å². The molecule has 0 amide bonds. The summed E-state index contributed by atoms with van der Waals surface area (Å²) in [5.41, 5.74) is 0.829. The number of rotatable bonds is 5. The third kappa shape index (κ3) is 3.74. The molecule has 0 spiro atoms. The zero-order valence-electron chi connectivity index (χ0n) is 12.1. The quantitative estimate of drug-likeness (QED) is 0.618. The Hall–Kier alpha value is -1.43. The van der Waals surface area contributed by atoms with Gasteiger partial charge in [-0.25, -0.2) is 13.4 Å². The maximum absolute atomic E-state index is 11.5. The summed E-state index contributed by atoms with van der Waals surface area (Å²) in [4.78, 5) is 5.26. The van der Waals surface area contributed by atoms with Gasteiger partial charge in [-0.05, 0) is 52.7 Å². The number of aromatic nitrogens is 5. The lowest BCUT2D eigenvalue weighted by Crippen LogP contribution is -1.98. The van der Waals surface area contributed by atoms with Crippen molar-refractivity contribution in [2.75, 3.05) is 12.5 Å². The number of nitrogens with zero attached hydrogens (tertiary/aromatic N) is 5. The normalized spacial score (nSPS) is 11.7. The molecule has 120 valence electrons. The van der Waals surface area contributed by atoms with Crippen molar-refractivity contribution in [2.45, 2.75) is 18.6 Å². The first-order valence-corrected chi connectivity index (χ1v) is 11.0. The average molecular weight is 386 g/mol. The number of tetrazole rings is 1. The Labute approximate surface area is 145 Å². The molecule has 3 rings (SSSR count). The number of hydrogen-bond donors (Lipinski definition) is 0. The van der Waals surface area contributed by atoms with Crippen molar-refractivity contribution in [1.82, 2.24) is 25.2 Å². The maximum atomic E-state index is 11.5. The fourth-order valence-corrected chi connectivity index (χ4v) is 4.93. The van der Waals surface area contributed by atoms with Crippen molar-refractivity contribution in [3.05, 3.63) is 30.5 Å². The van der Waals surface area contributed by atoms with E-state index in [0.717, 1.165) is 28.2 Å². The van der Waals surface area contributed by atoms with E-state index in [-0.39, 0.29) is 4.21 Å². The molecule has 0 unspecified atom stereocenters. The highest BCUT2D eigenvalue weighted by Gasteiger charge is 2.16. The molecule has 3 aromatic rings. The standard InChI is InChI=1S/C12H11N5O2S4/c1-20-9-5-3-8(4-6-9)17-11(14-15-16-17)22-12-13-7-10(21-12)23(2,18)19/h3-7H,1-2H3. The molecule has 23 heavy (non-hydrogen) atoms. The van der Waals surface area contributed by atoms with E-state index in [4.69, 9.17) is 0 Å². The van der Waals surface area contributed by atoms with Crippen LogP contribution in [0, 0.1) is 0 Å². The molecule has 7 nitrogen and oxygen atoms in total. The molecule has 0 aliphatic heterocycles. The molecule has 1 aromatic carbocycles. The minimum Gasteiger partial charge on any atom is -0.236 e. The summed E-state index contributed by atoms with van der Waals surface area (Å²) in [5.74, 6) is 0. The Morgan fingerprint density at radius 3 is 2.57 bits per heavy atom. The monoisotopic (exact) mass is 385 g/mol. The van der Waals surface area contributed by atoms with Crippen LogP contribution in [-0.2, 0) is 9.84 Å². The molecule has 0 aliphatic carbocycles. The highest BCUT2D eigenvalue weighted by atomic mass is 32.2. The van der Waals surface area contributed by atoms with Gasteiger partial charge in [0.1, 0.15) is 4.21 Å². The third-order valence-corrected chi connectivity index (χ3v) is 7.31. The number of benzene rings is 1. The average Bonchev–Trinajstić information content (AvgIpc) is 3.17. The van der Waals surface area contributed by atoms with Gasteiger partial charge >= 0.3 is 0 Å². The van der Waals surface area contributed by atoms with Crippen LogP contribution < -0.4 is 0 Å². The highest BCUT2D eigenvalue weighted by molar-refractivity contribution is 8.01.